The van der Waals surface area contributed by atoms with Gasteiger partial charge in [-0.15, -0.1) is 0 Å². The number of benzene rings is 9. The van der Waals surface area contributed by atoms with Crippen LogP contribution >= 0.6 is 11.8 Å². The molecule has 1 aliphatic heterocycles. The Balaban J connectivity index is 1.05. The van der Waals surface area contributed by atoms with Crippen LogP contribution in [-0.2, 0) is 5.41 Å². The number of hydrogen-bond donors (Lipinski definition) is 0. The Kier molecular flexibility index (Phi) is 8.37. The Morgan fingerprint density at radius 3 is 1.53 bits per heavy atom. The lowest BCUT2D eigenvalue weighted by molar-refractivity contribution is 0.727. The molecule has 0 saturated carbocycles. The minimum atomic E-state index is -0.548. The fraction of sp³-hybridized carbons (Fsp3) is 0.0167. The molecule has 0 bridgehead atoms. The van der Waals surface area contributed by atoms with Gasteiger partial charge in [0.1, 0.15) is 0 Å². The second-order valence-electron chi connectivity index (χ2n) is 16.6. The van der Waals surface area contributed by atoms with Gasteiger partial charge >= 0.3 is 0 Å². The molecule has 0 N–H and O–H groups in total. The highest BCUT2D eigenvalue weighted by atomic mass is 32.2. The lowest BCUT2D eigenvalue weighted by atomic mass is 9.66. The fourth-order valence-electron chi connectivity index (χ4n) is 10.3. The first kappa shape index (κ1) is 36.7. The van der Waals surface area contributed by atoms with E-state index in [1.165, 1.54) is 54.1 Å². The van der Waals surface area contributed by atoms with Crippen LogP contribution in [0, 0.1) is 0 Å². The lowest BCUT2D eigenvalue weighted by Crippen LogP contribution is -2.32. The Labute approximate surface area is 375 Å². The van der Waals surface area contributed by atoms with E-state index in [1.807, 2.05) is 36.0 Å². The van der Waals surface area contributed by atoms with Crippen LogP contribution in [0.1, 0.15) is 22.3 Å². The molecule has 2 aliphatic rings. The van der Waals surface area contributed by atoms with Gasteiger partial charge in [-0.25, -0.2) is 15.0 Å². The van der Waals surface area contributed by atoms with Crippen molar-refractivity contribution in [1.82, 2.24) is 15.0 Å². The van der Waals surface area contributed by atoms with E-state index in [0.29, 0.717) is 5.82 Å². The summed E-state index contributed by atoms with van der Waals surface area (Å²) >= 11 is 1.91. The fourth-order valence-corrected chi connectivity index (χ4v) is 11.8. The molecule has 3 heterocycles. The Morgan fingerprint density at radius 1 is 0.328 bits per heavy atom. The van der Waals surface area contributed by atoms with Crippen molar-refractivity contribution in [1.29, 1.82) is 0 Å². The molecule has 0 saturated heterocycles. The number of fused-ring (bicyclic) bond motifs is 13. The average Bonchev–Trinajstić information content (AvgIpc) is 3.67. The second-order valence-corrected chi connectivity index (χ2v) is 17.6. The second kappa shape index (κ2) is 14.6. The first-order valence-electron chi connectivity index (χ1n) is 21.8. The summed E-state index contributed by atoms with van der Waals surface area (Å²) in [5, 5.41) is 3.57. The summed E-state index contributed by atoms with van der Waals surface area (Å²) in [4.78, 5) is 18.1. The highest BCUT2D eigenvalue weighted by Crippen LogP contribution is 2.64. The zero-order valence-electron chi connectivity index (χ0n) is 34.6. The highest BCUT2D eigenvalue weighted by molar-refractivity contribution is 8.00. The zero-order chi connectivity index (χ0) is 42.2. The quantitative estimate of drug-likeness (QED) is 0.162. The third kappa shape index (κ3) is 5.52. The molecule has 0 unspecified atom stereocenters. The zero-order valence-corrected chi connectivity index (χ0v) is 35.4. The normalized spacial score (nSPS) is 13.1. The summed E-state index contributed by atoms with van der Waals surface area (Å²) < 4.78 is 0. The number of rotatable bonds is 5. The van der Waals surface area contributed by atoms with Gasteiger partial charge < -0.3 is 0 Å². The lowest BCUT2D eigenvalue weighted by Gasteiger charge is -2.41. The van der Waals surface area contributed by atoms with Crippen molar-refractivity contribution in [3.05, 3.63) is 247 Å². The average molecular weight is 832 g/mol. The van der Waals surface area contributed by atoms with Gasteiger partial charge in [-0.3, -0.25) is 0 Å². The van der Waals surface area contributed by atoms with Crippen LogP contribution in [0.3, 0.4) is 0 Å². The Morgan fingerprint density at radius 2 is 0.844 bits per heavy atom. The van der Waals surface area contributed by atoms with Crippen LogP contribution in [0.4, 0.5) is 0 Å². The van der Waals surface area contributed by atoms with Crippen molar-refractivity contribution in [2.75, 3.05) is 0 Å². The first-order valence-corrected chi connectivity index (χ1v) is 22.6. The van der Waals surface area contributed by atoms with E-state index >= 15 is 0 Å². The van der Waals surface area contributed by atoms with E-state index in [-0.39, 0.29) is 0 Å². The molecule has 0 fully saturated rings. The Hall–Kier alpha value is -7.92. The van der Waals surface area contributed by atoms with Gasteiger partial charge in [0.05, 0.1) is 28.0 Å². The predicted molar refractivity (Wildman–Crippen MR) is 263 cm³/mol. The molecule has 64 heavy (non-hydrogen) atoms. The van der Waals surface area contributed by atoms with Crippen molar-refractivity contribution in [3.63, 3.8) is 0 Å². The van der Waals surface area contributed by atoms with Gasteiger partial charge in [-0.2, -0.15) is 0 Å². The third-order valence-corrected chi connectivity index (χ3v) is 14.4. The standard InChI is InChI=1S/C60H37N3S/c1-4-17-39(18-5-1)53-37-54(63-59(62-53)42-21-8-3-9-22-42)40-33-31-38(32-34-40)43-26-16-29-50-57(43)64-58-51(60(50)48-27-13-10-23-44(48)45-24-11-14-28-49(45)60)36-35-47-55(58)46-25-12-15-30-52(46)61-56(47)41-19-6-2-7-20-41/h1-37H. The van der Waals surface area contributed by atoms with Gasteiger partial charge in [0.25, 0.3) is 0 Å². The number of hydrogen-bond acceptors (Lipinski definition) is 4. The largest absolute Gasteiger partial charge is 0.247 e. The molecule has 1 aliphatic carbocycles. The van der Waals surface area contributed by atoms with Gasteiger partial charge in [0.2, 0.25) is 0 Å². The van der Waals surface area contributed by atoms with Crippen molar-refractivity contribution in [3.8, 4) is 67.4 Å². The summed E-state index contributed by atoms with van der Waals surface area (Å²) in [5.74, 6) is 0.709. The molecule has 3 nitrogen and oxygen atoms in total. The number of para-hydroxylation sites is 1. The van der Waals surface area contributed by atoms with E-state index in [9.17, 15) is 0 Å². The molecule has 11 aromatic rings. The molecular weight excluding hydrogens is 795 g/mol. The SMILES string of the molecule is c1ccc(-c2cc(-c3ccc(-c4cccc5c4Sc4c(ccc6c(-c7ccccc7)nc7ccccc7c46)C54c5ccccc5-c5ccccc54)cc3)nc(-c3ccccc3)n2)cc1. The van der Waals surface area contributed by atoms with E-state index in [2.05, 4.69) is 200 Å². The van der Waals surface area contributed by atoms with Crippen LogP contribution in [0.15, 0.2) is 234 Å². The van der Waals surface area contributed by atoms with Crippen molar-refractivity contribution >= 4 is 33.4 Å². The summed E-state index contributed by atoms with van der Waals surface area (Å²) in [5.41, 5.74) is 17.6. The van der Waals surface area contributed by atoms with E-state index in [4.69, 9.17) is 15.0 Å². The van der Waals surface area contributed by atoms with Crippen molar-refractivity contribution < 1.29 is 0 Å². The molecular formula is C60H37N3S. The maximum atomic E-state index is 5.35. The van der Waals surface area contributed by atoms with Crippen LogP contribution in [0.25, 0.3) is 89.1 Å². The molecule has 0 amide bonds. The van der Waals surface area contributed by atoms with E-state index < -0.39 is 5.41 Å². The van der Waals surface area contributed by atoms with Gasteiger partial charge in [0, 0.05) is 48.2 Å². The van der Waals surface area contributed by atoms with Crippen LogP contribution in [0.5, 0.6) is 0 Å². The summed E-state index contributed by atoms with van der Waals surface area (Å²) in [6.07, 6.45) is 0. The van der Waals surface area contributed by atoms with Crippen LogP contribution in [-0.4, -0.2) is 15.0 Å². The maximum Gasteiger partial charge on any atom is 0.160 e. The number of pyridine rings is 1. The molecule has 2 aromatic heterocycles. The molecule has 298 valence electrons. The molecule has 13 rings (SSSR count). The molecule has 1 spiro atoms. The monoisotopic (exact) mass is 831 g/mol. The minimum absolute atomic E-state index is 0.548. The molecule has 0 atom stereocenters. The molecule has 4 heteroatoms. The summed E-state index contributed by atoms with van der Waals surface area (Å²) in [6.45, 7) is 0. The maximum absolute atomic E-state index is 5.35. The molecule has 9 aromatic carbocycles. The third-order valence-electron chi connectivity index (χ3n) is 13.2. The van der Waals surface area contributed by atoms with E-state index in [1.54, 1.807) is 0 Å². The van der Waals surface area contributed by atoms with Crippen LogP contribution < -0.4 is 0 Å². The number of nitrogens with zero attached hydrogens (tertiary/aromatic N) is 3. The van der Waals surface area contributed by atoms with Gasteiger partial charge in [-0.05, 0) is 56.6 Å². The predicted octanol–water partition coefficient (Wildman–Crippen LogP) is 15.3. The molecule has 0 radical (unpaired) electrons. The van der Waals surface area contributed by atoms with Gasteiger partial charge in [0.15, 0.2) is 5.82 Å². The summed E-state index contributed by atoms with van der Waals surface area (Å²) in [6, 6.07) is 80.8. The first-order chi connectivity index (χ1) is 31.7. The van der Waals surface area contributed by atoms with E-state index in [0.717, 1.165) is 61.2 Å². The van der Waals surface area contributed by atoms with Gasteiger partial charge in [-0.1, -0.05) is 224 Å². The van der Waals surface area contributed by atoms with Crippen molar-refractivity contribution in [2.24, 2.45) is 0 Å². The smallest absolute Gasteiger partial charge is 0.160 e. The van der Waals surface area contributed by atoms with Crippen LogP contribution in [0.2, 0.25) is 0 Å². The minimum Gasteiger partial charge on any atom is -0.247 e. The topological polar surface area (TPSA) is 38.7 Å². The summed E-state index contributed by atoms with van der Waals surface area (Å²) in [7, 11) is 0. The van der Waals surface area contributed by atoms with Crippen molar-refractivity contribution in [2.45, 2.75) is 15.2 Å². The number of aromatic nitrogens is 3. The Bertz CT molecular complexity index is 3520. The highest BCUT2D eigenvalue weighted by Gasteiger charge is 2.51.